The van der Waals surface area contributed by atoms with Crippen LogP contribution in [0.2, 0.25) is 0 Å². The highest BCUT2D eigenvalue weighted by Crippen LogP contribution is 2.18. The lowest BCUT2D eigenvalue weighted by molar-refractivity contribution is 0.0348. The van der Waals surface area contributed by atoms with E-state index in [-0.39, 0.29) is 6.04 Å². The van der Waals surface area contributed by atoms with Gasteiger partial charge in [-0.05, 0) is 6.92 Å². The van der Waals surface area contributed by atoms with Crippen LogP contribution in [0.5, 0.6) is 0 Å². The van der Waals surface area contributed by atoms with Crippen LogP contribution in [0.15, 0.2) is 15.1 Å². The molecule has 108 valence electrons. The minimum Gasteiger partial charge on any atom is -0.379 e. The van der Waals surface area contributed by atoms with E-state index in [4.69, 9.17) is 19.5 Å². The fourth-order valence-electron chi connectivity index (χ4n) is 2.10. The summed E-state index contributed by atoms with van der Waals surface area (Å²) in [4.78, 5) is 6.50. The molecule has 0 spiro atoms. The Balaban J connectivity index is 1.66. The molecular formula is C12H17N5O3. The van der Waals surface area contributed by atoms with Crippen molar-refractivity contribution in [3.8, 4) is 11.6 Å². The van der Waals surface area contributed by atoms with E-state index >= 15 is 0 Å². The zero-order valence-electron chi connectivity index (χ0n) is 11.3. The Morgan fingerprint density at radius 1 is 1.30 bits per heavy atom. The molecule has 0 saturated carbocycles. The summed E-state index contributed by atoms with van der Waals surface area (Å²) < 4.78 is 15.4. The monoisotopic (exact) mass is 279 g/mol. The van der Waals surface area contributed by atoms with Gasteiger partial charge in [-0.2, -0.15) is 4.98 Å². The van der Waals surface area contributed by atoms with Crippen molar-refractivity contribution in [3.05, 3.63) is 17.7 Å². The molecule has 1 fully saturated rings. The molecule has 1 atom stereocenters. The molecule has 2 aromatic rings. The minimum absolute atomic E-state index is 0.293. The van der Waals surface area contributed by atoms with Crippen molar-refractivity contribution in [2.75, 3.05) is 32.8 Å². The van der Waals surface area contributed by atoms with Crippen LogP contribution in [-0.2, 0) is 4.74 Å². The largest absolute Gasteiger partial charge is 0.379 e. The van der Waals surface area contributed by atoms with Gasteiger partial charge < -0.3 is 19.5 Å². The number of rotatable bonds is 4. The summed E-state index contributed by atoms with van der Waals surface area (Å²) in [6, 6.07) is 1.45. The van der Waals surface area contributed by atoms with Gasteiger partial charge in [0.1, 0.15) is 5.76 Å². The van der Waals surface area contributed by atoms with E-state index in [9.17, 15) is 0 Å². The summed E-state index contributed by atoms with van der Waals surface area (Å²) in [7, 11) is 0. The third-order valence-corrected chi connectivity index (χ3v) is 3.18. The fourth-order valence-corrected chi connectivity index (χ4v) is 2.10. The molecule has 8 nitrogen and oxygen atoms in total. The van der Waals surface area contributed by atoms with Crippen molar-refractivity contribution in [2.24, 2.45) is 5.73 Å². The van der Waals surface area contributed by atoms with Crippen molar-refractivity contribution < 1.29 is 13.8 Å². The lowest BCUT2D eigenvalue weighted by Crippen LogP contribution is -2.40. The standard InChI is InChI=1S/C12H17N5O3/c1-8-6-10(15-19-8)12-14-11(16-20-12)9(13)7-17-2-4-18-5-3-17/h6,9H,2-5,7,13H2,1H3. The Morgan fingerprint density at radius 2 is 2.10 bits per heavy atom. The van der Waals surface area contributed by atoms with E-state index < -0.39 is 0 Å². The Hall–Kier alpha value is -1.77. The smallest absolute Gasteiger partial charge is 0.280 e. The highest BCUT2D eigenvalue weighted by molar-refractivity contribution is 5.45. The Morgan fingerprint density at radius 3 is 2.80 bits per heavy atom. The van der Waals surface area contributed by atoms with Crippen LogP contribution in [0, 0.1) is 6.92 Å². The number of hydrogen-bond acceptors (Lipinski definition) is 8. The van der Waals surface area contributed by atoms with Gasteiger partial charge in [0.05, 0.1) is 19.3 Å². The maximum absolute atomic E-state index is 6.11. The summed E-state index contributed by atoms with van der Waals surface area (Å²) in [5, 5.41) is 7.75. The van der Waals surface area contributed by atoms with Gasteiger partial charge in [-0.3, -0.25) is 4.90 Å². The molecule has 20 heavy (non-hydrogen) atoms. The van der Waals surface area contributed by atoms with E-state index in [1.165, 1.54) is 0 Å². The molecule has 1 saturated heterocycles. The zero-order valence-corrected chi connectivity index (χ0v) is 11.3. The number of aryl methyl sites for hydroxylation is 1. The first-order chi connectivity index (χ1) is 9.72. The molecule has 8 heteroatoms. The quantitative estimate of drug-likeness (QED) is 0.855. The maximum Gasteiger partial charge on any atom is 0.280 e. The Kier molecular flexibility index (Phi) is 3.77. The van der Waals surface area contributed by atoms with Gasteiger partial charge in [-0.1, -0.05) is 10.3 Å². The predicted molar refractivity (Wildman–Crippen MR) is 68.7 cm³/mol. The predicted octanol–water partition coefficient (Wildman–Crippen LogP) is 0.365. The third kappa shape index (κ3) is 2.87. The van der Waals surface area contributed by atoms with E-state index in [0.717, 1.165) is 26.3 Å². The topological polar surface area (TPSA) is 103 Å². The van der Waals surface area contributed by atoms with E-state index in [2.05, 4.69) is 20.2 Å². The van der Waals surface area contributed by atoms with Crippen LogP contribution in [0.4, 0.5) is 0 Å². The fraction of sp³-hybridized carbons (Fsp3) is 0.583. The first-order valence-corrected chi connectivity index (χ1v) is 6.55. The second-order valence-electron chi connectivity index (χ2n) is 4.80. The molecule has 3 heterocycles. The van der Waals surface area contributed by atoms with Gasteiger partial charge in [0.15, 0.2) is 11.5 Å². The second-order valence-corrected chi connectivity index (χ2v) is 4.80. The molecule has 0 amide bonds. The van der Waals surface area contributed by atoms with Crippen LogP contribution >= 0.6 is 0 Å². The van der Waals surface area contributed by atoms with Crippen molar-refractivity contribution in [3.63, 3.8) is 0 Å². The average molecular weight is 279 g/mol. The van der Waals surface area contributed by atoms with Crippen LogP contribution in [0.25, 0.3) is 11.6 Å². The summed E-state index contributed by atoms with van der Waals surface area (Å²) in [5.41, 5.74) is 6.64. The molecule has 0 radical (unpaired) electrons. The molecule has 1 aliphatic rings. The van der Waals surface area contributed by atoms with Crippen LogP contribution < -0.4 is 5.73 Å². The number of aromatic nitrogens is 3. The van der Waals surface area contributed by atoms with Gasteiger partial charge >= 0.3 is 0 Å². The highest BCUT2D eigenvalue weighted by atomic mass is 16.5. The molecule has 1 unspecified atom stereocenters. The van der Waals surface area contributed by atoms with Crippen molar-refractivity contribution in [2.45, 2.75) is 13.0 Å². The number of nitrogens with two attached hydrogens (primary N) is 1. The Labute approximate surface area is 115 Å². The van der Waals surface area contributed by atoms with E-state index in [1.54, 1.807) is 13.0 Å². The molecule has 2 N–H and O–H groups in total. The minimum atomic E-state index is -0.293. The Bertz CT molecular complexity index is 561. The third-order valence-electron chi connectivity index (χ3n) is 3.18. The second kappa shape index (κ2) is 5.70. The van der Waals surface area contributed by atoms with Crippen LogP contribution in [0.1, 0.15) is 17.6 Å². The summed E-state index contributed by atoms with van der Waals surface area (Å²) in [6.07, 6.45) is 0. The van der Waals surface area contributed by atoms with Gasteiger partial charge in [-0.15, -0.1) is 0 Å². The molecular weight excluding hydrogens is 262 g/mol. The zero-order chi connectivity index (χ0) is 13.9. The summed E-state index contributed by atoms with van der Waals surface area (Å²) in [6.45, 7) is 5.71. The van der Waals surface area contributed by atoms with Gasteiger partial charge in [0, 0.05) is 25.7 Å². The molecule has 0 aromatic carbocycles. The van der Waals surface area contributed by atoms with Gasteiger partial charge in [0.2, 0.25) is 0 Å². The number of ether oxygens (including phenoxy) is 1. The SMILES string of the molecule is Cc1cc(-c2nc(C(N)CN3CCOCC3)no2)no1. The number of hydrogen-bond donors (Lipinski definition) is 1. The summed E-state index contributed by atoms with van der Waals surface area (Å²) >= 11 is 0. The molecule has 2 aromatic heterocycles. The van der Waals surface area contributed by atoms with Crippen LogP contribution in [-0.4, -0.2) is 53.0 Å². The average Bonchev–Trinajstić information content (AvgIpc) is 3.08. The van der Waals surface area contributed by atoms with Gasteiger partial charge in [-0.25, -0.2) is 0 Å². The van der Waals surface area contributed by atoms with Crippen LogP contribution in [0.3, 0.4) is 0 Å². The molecule has 0 aliphatic carbocycles. The lowest BCUT2D eigenvalue weighted by atomic mass is 10.2. The van der Waals surface area contributed by atoms with Crippen molar-refractivity contribution in [1.82, 2.24) is 20.2 Å². The molecule has 1 aliphatic heterocycles. The normalized spacial score (nSPS) is 18.3. The summed E-state index contributed by atoms with van der Waals surface area (Å²) in [5.74, 6) is 1.50. The number of morpholine rings is 1. The van der Waals surface area contributed by atoms with Crippen molar-refractivity contribution >= 4 is 0 Å². The van der Waals surface area contributed by atoms with Gasteiger partial charge in [0.25, 0.3) is 5.89 Å². The first-order valence-electron chi connectivity index (χ1n) is 6.55. The molecule has 3 rings (SSSR count). The van der Waals surface area contributed by atoms with Crippen molar-refractivity contribution in [1.29, 1.82) is 0 Å². The first kappa shape index (κ1) is 13.2. The van der Waals surface area contributed by atoms with E-state index in [0.29, 0.717) is 29.7 Å². The maximum atomic E-state index is 6.11. The van der Waals surface area contributed by atoms with E-state index in [1.807, 2.05) is 0 Å². The highest BCUT2D eigenvalue weighted by Gasteiger charge is 2.21. The molecule has 0 bridgehead atoms. The lowest BCUT2D eigenvalue weighted by Gasteiger charge is -2.27. The number of nitrogens with zero attached hydrogens (tertiary/aromatic N) is 4.